The Kier molecular flexibility index (Phi) is 6.69. The van der Waals surface area contributed by atoms with Gasteiger partial charge in [0.25, 0.3) is 0 Å². The third-order valence-electron chi connectivity index (χ3n) is 3.37. The molecular weight excluding hydrogens is 290 g/mol. The summed E-state index contributed by atoms with van der Waals surface area (Å²) in [5.74, 6) is -1.58. The molecule has 0 saturated carbocycles. The molecule has 0 radical (unpaired) electrons. The maximum atomic E-state index is 12.5. The Labute approximate surface area is 130 Å². The molecule has 4 nitrogen and oxygen atoms in total. The van der Waals surface area contributed by atoms with Crippen LogP contribution in [-0.2, 0) is 9.59 Å². The second-order valence-corrected chi connectivity index (χ2v) is 5.90. The van der Waals surface area contributed by atoms with E-state index >= 15 is 0 Å². The largest absolute Gasteiger partial charge is 0.480 e. The molecule has 0 aliphatic carbocycles. The molecule has 2 N–H and O–H groups in total. The van der Waals surface area contributed by atoms with E-state index in [1.54, 1.807) is 12.1 Å². The summed E-state index contributed by atoms with van der Waals surface area (Å²) in [5, 5.41) is 12.4. The van der Waals surface area contributed by atoms with Gasteiger partial charge in [0, 0.05) is 5.02 Å². The summed E-state index contributed by atoms with van der Waals surface area (Å²) in [7, 11) is 0. The summed E-state index contributed by atoms with van der Waals surface area (Å²) in [5.41, 5.74) is 0.840. The van der Waals surface area contributed by atoms with Crippen LogP contribution in [0.3, 0.4) is 0 Å². The van der Waals surface area contributed by atoms with Crippen molar-refractivity contribution in [3.8, 4) is 0 Å². The van der Waals surface area contributed by atoms with E-state index in [4.69, 9.17) is 16.7 Å². The Morgan fingerprint density at radius 1 is 1.24 bits per heavy atom. The first-order chi connectivity index (χ1) is 9.86. The molecule has 0 aliphatic heterocycles. The van der Waals surface area contributed by atoms with Crippen molar-refractivity contribution in [2.45, 2.75) is 45.6 Å². The minimum Gasteiger partial charge on any atom is -0.480 e. The molecule has 0 saturated heterocycles. The van der Waals surface area contributed by atoms with E-state index < -0.39 is 12.0 Å². The van der Waals surface area contributed by atoms with Crippen molar-refractivity contribution in [2.24, 2.45) is 5.92 Å². The first kappa shape index (κ1) is 17.5. The number of carbonyl (C=O) groups is 2. The predicted molar refractivity (Wildman–Crippen MR) is 83.5 cm³/mol. The predicted octanol–water partition coefficient (Wildman–Crippen LogP) is 3.45. The number of aliphatic carboxylic acids is 1. The minimum atomic E-state index is -0.996. The molecule has 0 aliphatic rings. The molecule has 0 aromatic heterocycles. The van der Waals surface area contributed by atoms with Crippen LogP contribution in [0.15, 0.2) is 24.3 Å². The summed E-state index contributed by atoms with van der Waals surface area (Å²) in [6.45, 7) is 5.77. The summed E-state index contributed by atoms with van der Waals surface area (Å²) >= 11 is 5.86. The first-order valence-electron chi connectivity index (χ1n) is 7.15. The molecule has 0 bridgehead atoms. The number of carboxylic acid groups (broad SMARTS) is 1. The first-order valence-corrected chi connectivity index (χ1v) is 7.53. The van der Waals surface area contributed by atoms with Crippen LogP contribution >= 0.6 is 11.6 Å². The van der Waals surface area contributed by atoms with Crippen molar-refractivity contribution in [2.75, 3.05) is 0 Å². The van der Waals surface area contributed by atoms with Crippen LogP contribution in [0.2, 0.25) is 5.02 Å². The van der Waals surface area contributed by atoms with Crippen molar-refractivity contribution in [3.63, 3.8) is 0 Å². The highest BCUT2D eigenvalue weighted by Gasteiger charge is 2.28. The number of carboxylic acids is 1. The second-order valence-electron chi connectivity index (χ2n) is 5.46. The molecule has 21 heavy (non-hydrogen) atoms. The maximum absolute atomic E-state index is 12.5. The second kappa shape index (κ2) is 8.03. The number of rotatable bonds is 7. The van der Waals surface area contributed by atoms with E-state index in [1.807, 2.05) is 32.9 Å². The molecule has 0 heterocycles. The van der Waals surface area contributed by atoms with Crippen molar-refractivity contribution >= 4 is 23.5 Å². The van der Waals surface area contributed by atoms with Crippen LogP contribution in [0.1, 0.15) is 45.1 Å². The zero-order valence-electron chi connectivity index (χ0n) is 12.6. The summed E-state index contributed by atoms with van der Waals surface area (Å²) in [4.78, 5) is 23.6. The van der Waals surface area contributed by atoms with Gasteiger partial charge in [-0.15, -0.1) is 0 Å². The molecule has 1 unspecified atom stereocenters. The van der Waals surface area contributed by atoms with E-state index in [1.165, 1.54) is 0 Å². The van der Waals surface area contributed by atoms with Gasteiger partial charge in [-0.1, -0.05) is 50.9 Å². The standard InChI is InChI=1S/C16H22ClNO3/c1-4-5-13(16(20)21)18-15(19)14(10(2)3)11-6-8-12(17)9-7-11/h6-10,13-14H,4-5H2,1-3H3,(H,18,19)(H,20,21)/t13-,14?/m1/s1. The van der Waals surface area contributed by atoms with Crippen LogP contribution in [0.5, 0.6) is 0 Å². The molecule has 1 rings (SSSR count). The molecule has 1 aromatic carbocycles. The molecule has 5 heteroatoms. The average molecular weight is 312 g/mol. The topological polar surface area (TPSA) is 66.4 Å². The lowest BCUT2D eigenvalue weighted by molar-refractivity contribution is -0.142. The van der Waals surface area contributed by atoms with Gasteiger partial charge < -0.3 is 10.4 Å². The smallest absolute Gasteiger partial charge is 0.326 e. The summed E-state index contributed by atoms with van der Waals surface area (Å²) in [6, 6.07) is 6.25. The van der Waals surface area contributed by atoms with E-state index in [9.17, 15) is 9.59 Å². The van der Waals surface area contributed by atoms with Crippen LogP contribution in [-0.4, -0.2) is 23.0 Å². The normalized spacial score (nSPS) is 13.8. The summed E-state index contributed by atoms with van der Waals surface area (Å²) < 4.78 is 0. The van der Waals surface area contributed by atoms with Gasteiger partial charge >= 0.3 is 5.97 Å². The molecule has 1 amide bonds. The van der Waals surface area contributed by atoms with Crippen LogP contribution in [0, 0.1) is 5.92 Å². The lowest BCUT2D eigenvalue weighted by atomic mass is 9.87. The monoisotopic (exact) mass is 311 g/mol. The third-order valence-corrected chi connectivity index (χ3v) is 3.62. The lowest BCUT2D eigenvalue weighted by Crippen LogP contribution is -2.43. The highest BCUT2D eigenvalue weighted by molar-refractivity contribution is 6.30. The van der Waals surface area contributed by atoms with Crippen LogP contribution in [0.25, 0.3) is 0 Å². The Morgan fingerprint density at radius 2 is 1.81 bits per heavy atom. The molecule has 2 atom stereocenters. The quantitative estimate of drug-likeness (QED) is 0.810. The Morgan fingerprint density at radius 3 is 2.24 bits per heavy atom. The number of hydrogen-bond acceptors (Lipinski definition) is 2. The van der Waals surface area contributed by atoms with Gasteiger partial charge in [-0.3, -0.25) is 4.79 Å². The molecule has 1 aromatic rings. The fourth-order valence-electron chi connectivity index (χ4n) is 2.32. The van der Waals surface area contributed by atoms with Gasteiger partial charge in [0.1, 0.15) is 6.04 Å². The number of carbonyl (C=O) groups excluding carboxylic acids is 1. The van der Waals surface area contributed by atoms with Gasteiger partial charge in [-0.05, 0) is 30.0 Å². The maximum Gasteiger partial charge on any atom is 0.326 e. The van der Waals surface area contributed by atoms with Crippen LogP contribution in [0.4, 0.5) is 0 Å². The van der Waals surface area contributed by atoms with Crippen LogP contribution < -0.4 is 5.32 Å². The Bertz CT molecular complexity index is 485. The van der Waals surface area contributed by atoms with Gasteiger partial charge in [-0.25, -0.2) is 4.79 Å². The molecule has 116 valence electrons. The van der Waals surface area contributed by atoms with Crippen molar-refractivity contribution in [1.82, 2.24) is 5.32 Å². The van der Waals surface area contributed by atoms with Crippen molar-refractivity contribution in [3.05, 3.63) is 34.9 Å². The zero-order chi connectivity index (χ0) is 16.0. The van der Waals surface area contributed by atoms with E-state index in [2.05, 4.69) is 5.32 Å². The van der Waals surface area contributed by atoms with E-state index in [0.717, 1.165) is 5.56 Å². The number of hydrogen-bond donors (Lipinski definition) is 2. The van der Waals surface area contributed by atoms with E-state index in [0.29, 0.717) is 17.9 Å². The third kappa shape index (κ3) is 5.05. The number of amides is 1. The number of nitrogens with one attached hydrogen (secondary N) is 1. The molecular formula is C16H22ClNO3. The SMILES string of the molecule is CCC[C@@H](NC(=O)C(c1ccc(Cl)cc1)C(C)C)C(=O)O. The Balaban J connectivity index is 2.92. The van der Waals surface area contributed by atoms with Gasteiger partial charge in [0.05, 0.1) is 5.92 Å². The van der Waals surface area contributed by atoms with Crippen molar-refractivity contribution in [1.29, 1.82) is 0 Å². The van der Waals surface area contributed by atoms with Gasteiger partial charge in [-0.2, -0.15) is 0 Å². The zero-order valence-corrected chi connectivity index (χ0v) is 13.4. The fourth-order valence-corrected chi connectivity index (χ4v) is 2.44. The molecule has 0 fully saturated rings. The average Bonchev–Trinajstić information content (AvgIpc) is 2.40. The van der Waals surface area contributed by atoms with Gasteiger partial charge in [0.15, 0.2) is 0 Å². The highest BCUT2D eigenvalue weighted by Crippen LogP contribution is 2.26. The van der Waals surface area contributed by atoms with Gasteiger partial charge in [0.2, 0.25) is 5.91 Å². The highest BCUT2D eigenvalue weighted by atomic mass is 35.5. The number of halogens is 1. The molecule has 0 spiro atoms. The van der Waals surface area contributed by atoms with E-state index in [-0.39, 0.29) is 17.7 Å². The van der Waals surface area contributed by atoms with Crippen molar-refractivity contribution < 1.29 is 14.7 Å². The fraction of sp³-hybridized carbons (Fsp3) is 0.500. The minimum absolute atomic E-state index is 0.0576. The lowest BCUT2D eigenvalue weighted by Gasteiger charge is -2.23. The Hall–Kier alpha value is -1.55. The number of benzene rings is 1. The summed E-state index contributed by atoms with van der Waals surface area (Å²) in [6.07, 6.45) is 1.12.